The van der Waals surface area contributed by atoms with Crippen LogP contribution in [0.4, 0.5) is 0 Å². The minimum absolute atomic E-state index is 0.115. The van der Waals surface area contributed by atoms with Crippen molar-refractivity contribution in [2.24, 2.45) is 0 Å². The Morgan fingerprint density at radius 3 is 2.24 bits per heavy atom. The Morgan fingerprint density at radius 2 is 1.86 bits per heavy atom. The highest BCUT2D eigenvalue weighted by atomic mass is 16.4. The van der Waals surface area contributed by atoms with Crippen molar-refractivity contribution < 1.29 is 19.5 Å². The summed E-state index contributed by atoms with van der Waals surface area (Å²) >= 11 is 0. The number of hydrogen-bond acceptors (Lipinski definition) is 3. The second-order valence-electron chi connectivity index (χ2n) is 5.33. The fraction of sp³-hybridized carbons (Fsp3) is 0.533. The Hall–Kier alpha value is -2.11. The number of carbonyl (C=O) groups is 3. The number of amides is 1. The average Bonchev–Trinajstić information content (AvgIpc) is 2.75. The molecule has 0 spiro atoms. The van der Waals surface area contributed by atoms with Crippen LogP contribution in [0.25, 0.3) is 0 Å². The molecule has 0 aliphatic rings. The first-order valence-corrected chi connectivity index (χ1v) is 6.96. The van der Waals surface area contributed by atoms with E-state index in [1.54, 1.807) is 13.8 Å². The molecule has 0 bridgehead atoms. The van der Waals surface area contributed by atoms with Crippen LogP contribution >= 0.6 is 0 Å². The molecule has 6 nitrogen and oxygen atoms in total. The third-order valence-electron chi connectivity index (χ3n) is 3.79. The third-order valence-corrected chi connectivity index (χ3v) is 3.79. The van der Waals surface area contributed by atoms with Crippen LogP contribution in [0.3, 0.4) is 0 Å². The molecule has 6 heteroatoms. The van der Waals surface area contributed by atoms with E-state index in [0.29, 0.717) is 23.2 Å². The SMILES string of the molecule is CCc1c(C(=O)NC(C)(CC)C(=O)O)[nH]c(C)c1C(C)=O. The number of rotatable bonds is 6. The van der Waals surface area contributed by atoms with Crippen LogP contribution in [0, 0.1) is 6.92 Å². The van der Waals surface area contributed by atoms with Gasteiger partial charge in [0.25, 0.3) is 5.91 Å². The molecule has 0 radical (unpaired) electrons. The van der Waals surface area contributed by atoms with Crippen LogP contribution in [-0.4, -0.2) is 33.3 Å². The number of hydrogen-bond donors (Lipinski definition) is 3. The minimum atomic E-state index is -1.34. The lowest BCUT2D eigenvalue weighted by molar-refractivity contribution is -0.143. The standard InChI is InChI=1S/C15H22N2O4/c1-6-10-11(9(4)18)8(3)16-12(10)13(19)17-15(5,7-2)14(20)21/h16H,6-7H2,1-5H3,(H,17,19)(H,20,21). The van der Waals surface area contributed by atoms with E-state index in [-0.39, 0.29) is 17.9 Å². The molecule has 3 N–H and O–H groups in total. The molecular formula is C15H22N2O4. The lowest BCUT2D eigenvalue weighted by atomic mass is 9.98. The topological polar surface area (TPSA) is 99.3 Å². The zero-order valence-corrected chi connectivity index (χ0v) is 13.1. The zero-order valence-electron chi connectivity index (χ0n) is 13.1. The number of aromatic amines is 1. The summed E-state index contributed by atoms with van der Waals surface area (Å²) in [7, 11) is 0. The predicted octanol–water partition coefficient (Wildman–Crippen LogP) is 2.07. The molecule has 1 aromatic heterocycles. The van der Waals surface area contributed by atoms with E-state index in [4.69, 9.17) is 0 Å². The van der Waals surface area contributed by atoms with Crippen molar-refractivity contribution in [1.82, 2.24) is 10.3 Å². The third kappa shape index (κ3) is 3.15. The average molecular weight is 294 g/mol. The summed E-state index contributed by atoms with van der Waals surface area (Å²) in [6.07, 6.45) is 0.771. The molecule has 0 aromatic carbocycles. The maximum atomic E-state index is 12.4. The maximum Gasteiger partial charge on any atom is 0.329 e. The van der Waals surface area contributed by atoms with Gasteiger partial charge < -0.3 is 15.4 Å². The van der Waals surface area contributed by atoms with Gasteiger partial charge in [-0.2, -0.15) is 0 Å². The summed E-state index contributed by atoms with van der Waals surface area (Å²) in [4.78, 5) is 38.2. The Morgan fingerprint density at radius 1 is 1.29 bits per heavy atom. The van der Waals surface area contributed by atoms with E-state index >= 15 is 0 Å². The Kier molecular flexibility index (Phi) is 4.93. The normalized spacial score (nSPS) is 13.6. The second kappa shape index (κ2) is 6.11. The van der Waals surface area contributed by atoms with Crippen molar-refractivity contribution in [3.63, 3.8) is 0 Å². The first-order chi connectivity index (χ1) is 9.67. The molecule has 0 aliphatic heterocycles. The molecular weight excluding hydrogens is 272 g/mol. The van der Waals surface area contributed by atoms with Crippen molar-refractivity contribution in [3.05, 3.63) is 22.5 Å². The first kappa shape index (κ1) is 16.9. The quantitative estimate of drug-likeness (QED) is 0.699. The van der Waals surface area contributed by atoms with E-state index < -0.39 is 17.4 Å². The number of carbonyl (C=O) groups excluding carboxylic acids is 2. The van der Waals surface area contributed by atoms with Crippen LogP contribution in [0.1, 0.15) is 66.2 Å². The van der Waals surface area contributed by atoms with Gasteiger partial charge >= 0.3 is 5.97 Å². The molecule has 21 heavy (non-hydrogen) atoms. The fourth-order valence-corrected chi connectivity index (χ4v) is 2.31. The molecule has 1 heterocycles. The number of aromatic nitrogens is 1. The molecule has 1 amide bonds. The monoisotopic (exact) mass is 294 g/mol. The van der Waals surface area contributed by atoms with E-state index in [0.717, 1.165) is 0 Å². The molecule has 0 saturated heterocycles. The van der Waals surface area contributed by atoms with Crippen LogP contribution in [0.5, 0.6) is 0 Å². The molecule has 1 aromatic rings. The summed E-state index contributed by atoms with van der Waals surface area (Å²) in [5.41, 5.74) is 0.689. The number of ketones is 1. The highest BCUT2D eigenvalue weighted by Gasteiger charge is 2.34. The highest BCUT2D eigenvalue weighted by molar-refractivity contribution is 6.03. The number of carboxylic acids is 1. The Balaban J connectivity index is 3.23. The van der Waals surface area contributed by atoms with Gasteiger partial charge in [-0.3, -0.25) is 9.59 Å². The van der Waals surface area contributed by atoms with E-state index in [2.05, 4.69) is 10.3 Å². The van der Waals surface area contributed by atoms with Crippen molar-refractivity contribution in [2.45, 2.75) is 53.0 Å². The van der Waals surface area contributed by atoms with Crippen LogP contribution in [0.2, 0.25) is 0 Å². The molecule has 1 unspecified atom stereocenters. The van der Waals surface area contributed by atoms with Gasteiger partial charge in [0, 0.05) is 11.3 Å². The summed E-state index contributed by atoms with van der Waals surface area (Å²) in [6, 6.07) is 0. The number of nitrogens with one attached hydrogen (secondary N) is 2. The predicted molar refractivity (Wildman–Crippen MR) is 78.7 cm³/mol. The van der Waals surface area contributed by atoms with Gasteiger partial charge in [0.05, 0.1) is 0 Å². The zero-order chi connectivity index (χ0) is 16.4. The van der Waals surface area contributed by atoms with E-state index in [1.165, 1.54) is 13.8 Å². The molecule has 116 valence electrons. The van der Waals surface area contributed by atoms with Crippen LogP contribution in [-0.2, 0) is 11.2 Å². The lowest BCUT2D eigenvalue weighted by Gasteiger charge is -2.24. The van der Waals surface area contributed by atoms with Crippen LogP contribution in [0.15, 0.2) is 0 Å². The summed E-state index contributed by atoms with van der Waals surface area (Å²) in [6.45, 7) is 8.17. The van der Waals surface area contributed by atoms with Crippen molar-refractivity contribution in [3.8, 4) is 0 Å². The van der Waals surface area contributed by atoms with Crippen LogP contribution < -0.4 is 5.32 Å². The van der Waals surface area contributed by atoms with Gasteiger partial charge in [-0.05, 0) is 39.2 Å². The largest absolute Gasteiger partial charge is 0.480 e. The summed E-state index contributed by atoms with van der Waals surface area (Å²) in [5, 5.41) is 11.8. The van der Waals surface area contributed by atoms with Crippen molar-refractivity contribution in [2.75, 3.05) is 0 Å². The van der Waals surface area contributed by atoms with Gasteiger partial charge in [0.1, 0.15) is 11.2 Å². The molecule has 0 saturated carbocycles. The smallest absolute Gasteiger partial charge is 0.329 e. The van der Waals surface area contributed by atoms with Crippen molar-refractivity contribution >= 4 is 17.7 Å². The Labute approximate surface area is 123 Å². The number of aliphatic carboxylic acids is 1. The second-order valence-corrected chi connectivity index (χ2v) is 5.33. The number of Topliss-reactive ketones (excluding diaryl/α,β-unsaturated/α-hetero) is 1. The molecule has 0 aliphatic carbocycles. The molecule has 1 atom stereocenters. The van der Waals surface area contributed by atoms with Gasteiger partial charge in [-0.1, -0.05) is 13.8 Å². The number of H-pyrrole nitrogens is 1. The maximum absolute atomic E-state index is 12.4. The van der Waals surface area contributed by atoms with E-state index in [9.17, 15) is 19.5 Å². The number of aryl methyl sites for hydroxylation is 1. The van der Waals surface area contributed by atoms with E-state index in [1.807, 2.05) is 6.92 Å². The summed E-state index contributed by atoms with van der Waals surface area (Å²) in [5.74, 6) is -1.71. The van der Waals surface area contributed by atoms with Gasteiger partial charge in [0.15, 0.2) is 5.78 Å². The number of carboxylic acid groups (broad SMARTS) is 1. The van der Waals surface area contributed by atoms with Crippen molar-refractivity contribution in [1.29, 1.82) is 0 Å². The lowest BCUT2D eigenvalue weighted by Crippen LogP contribution is -2.52. The fourth-order valence-electron chi connectivity index (χ4n) is 2.31. The highest BCUT2D eigenvalue weighted by Crippen LogP contribution is 2.21. The minimum Gasteiger partial charge on any atom is -0.480 e. The molecule has 1 rings (SSSR count). The van der Waals surface area contributed by atoms with Gasteiger partial charge in [-0.15, -0.1) is 0 Å². The first-order valence-electron chi connectivity index (χ1n) is 6.96. The van der Waals surface area contributed by atoms with Gasteiger partial charge in [0.2, 0.25) is 0 Å². The molecule has 0 fully saturated rings. The summed E-state index contributed by atoms with van der Waals surface area (Å²) < 4.78 is 0. The van der Waals surface area contributed by atoms with Gasteiger partial charge in [-0.25, -0.2) is 4.79 Å². The Bertz CT molecular complexity index is 589.